The van der Waals surface area contributed by atoms with Gasteiger partial charge in [-0.15, -0.1) is 0 Å². The predicted molar refractivity (Wildman–Crippen MR) is 93.0 cm³/mol. The van der Waals surface area contributed by atoms with Crippen LogP contribution < -0.4 is 5.32 Å². The molecule has 0 saturated heterocycles. The summed E-state index contributed by atoms with van der Waals surface area (Å²) in [6.07, 6.45) is 2.53. The van der Waals surface area contributed by atoms with Crippen molar-refractivity contribution in [1.82, 2.24) is 5.32 Å². The molecule has 1 aliphatic carbocycles. The highest BCUT2D eigenvalue weighted by Crippen LogP contribution is 2.54. The summed E-state index contributed by atoms with van der Waals surface area (Å²) in [6, 6.07) is 8.48. The van der Waals surface area contributed by atoms with Gasteiger partial charge in [0.1, 0.15) is 0 Å². The van der Waals surface area contributed by atoms with Crippen molar-refractivity contribution < 1.29 is 0 Å². The zero-order valence-corrected chi connectivity index (χ0v) is 14.9. The fourth-order valence-corrected chi connectivity index (χ4v) is 3.59. The average Bonchev–Trinajstić information content (AvgIpc) is 2.30. The smallest absolute Gasteiger partial charge is 0.0408 e. The molecule has 2 rings (SSSR count). The molecule has 2 heteroatoms. The first-order chi connectivity index (χ1) is 9.73. The Morgan fingerprint density at radius 2 is 1.95 bits per heavy atom. The molecule has 1 N–H and O–H groups in total. The highest BCUT2D eigenvalue weighted by molar-refractivity contribution is 6.30. The molecule has 1 aromatic carbocycles. The van der Waals surface area contributed by atoms with Gasteiger partial charge >= 0.3 is 0 Å². The Kier molecular flexibility index (Phi) is 5.05. The molecule has 1 fully saturated rings. The highest BCUT2D eigenvalue weighted by Gasteiger charge is 2.49. The fraction of sp³-hybridized carbons (Fsp3) is 0.684. The summed E-state index contributed by atoms with van der Waals surface area (Å²) < 4.78 is 0. The van der Waals surface area contributed by atoms with Crippen LogP contribution in [0.4, 0.5) is 0 Å². The van der Waals surface area contributed by atoms with Crippen molar-refractivity contribution in [3.05, 3.63) is 34.9 Å². The summed E-state index contributed by atoms with van der Waals surface area (Å²) in [5.41, 5.74) is 2.09. The fourth-order valence-electron chi connectivity index (χ4n) is 3.40. The lowest BCUT2D eigenvalue weighted by Crippen LogP contribution is -2.52. The minimum absolute atomic E-state index is 0.276. The molecule has 0 unspecified atom stereocenters. The van der Waals surface area contributed by atoms with Crippen LogP contribution in [0.1, 0.15) is 53.0 Å². The molecule has 0 bridgehead atoms. The minimum atomic E-state index is 0.276. The summed E-state index contributed by atoms with van der Waals surface area (Å²) in [6.45, 7) is 13.8. The Balaban J connectivity index is 2.13. The van der Waals surface area contributed by atoms with Crippen molar-refractivity contribution in [3.8, 4) is 0 Å². The van der Waals surface area contributed by atoms with E-state index in [-0.39, 0.29) is 5.41 Å². The van der Waals surface area contributed by atoms with Gasteiger partial charge in [0.25, 0.3) is 0 Å². The maximum Gasteiger partial charge on any atom is 0.0408 e. The second kappa shape index (κ2) is 6.30. The van der Waals surface area contributed by atoms with Crippen LogP contribution in [0.2, 0.25) is 5.02 Å². The molecule has 1 aliphatic rings. The second-order valence-electron chi connectivity index (χ2n) is 8.29. The van der Waals surface area contributed by atoms with Crippen LogP contribution in [0.5, 0.6) is 0 Å². The monoisotopic (exact) mass is 307 g/mol. The minimum Gasteiger partial charge on any atom is -0.316 e. The van der Waals surface area contributed by atoms with Crippen LogP contribution >= 0.6 is 11.6 Å². The van der Waals surface area contributed by atoms with Gasteiger partial charge in [-0.2, -0.15) is 0 Å². The second-order valence-corrected chi connectivity index (χ2v) is 8.72. The van der Waals surface area contributed by atoms with Crippen LogP contribution in [0.25, 0.3) is 0 Å². The van der Waals surface area contributed by atoms with E-state index in [0.29, 0.717) is 11.3 Å². The van der Waals surface area contributed by atoms with Crippen molar-refractivity contribution in [2.24, 2.45) is 17.3 Å². The van der Waals surface area contributed by atoms with Gasteiger partial charge in [0.2, 0.25) is 0 Å². The van der Waals surface area contributed by atoms with E-state index >= 15 is 0 Å². The first-order valence-electron chi connectivity index (χ1n) is 8.20. The molecular weight excluding hydrogens is 278 g/mol. The number of halogens is 1. The van der Waals surface area contributed by atoms with E-state index in [1.807, 2.05) is 6.07 Å². The lowest BCUT2D eigenvalue weighted by Gasteiger charge is -2.53. The summed E-state index contributed by atoms with van der Waals surface area (Å²) in [5, 5.41) is 4.53. The lowest BCUT2D eigenvalue weighted by atomic mass is 9.52. The molecule has 0 amide bonds. The number of hydrogen-bond donors (Lipinski definition) is 1. The van der Waals surface area contributed by atoms with E-state index in [1.54, 1.807) is 0 Å². The maximum absolute atomic E-state index is 6.22. The van der Waals surface area contributed by atoms with Gasteiger partial charge in [0.05, 0.1) is 0 Å². The van der Waals surface area contributed by atoms with Gasteiger partial charge in [0, 0.05) is 17.0 Å². The zero-order valence-electron chi connectivity index (χ0n) is 14.2. The maximum atomic E-state index is 6.22. The molecule has 0 heterocycles. The highest BCUT2D eigenvalue weighted by atomic mass is 35.5. The summed E-state index contributed by atoms with van der Waals surface area (Å²) in [5.74, 6) is 1.50. The Morgan fingerprint density at radius 1 is 1.29 bits per heavy atom. The Bertz CT molecular complexity index is 467. The molecule has 0 atom stereocenters. The average molecular weight is 308 g/mol. The third kappa shape index (κ3) is 4.02. The van der Waals surface area contributed by atoms with Gasteiger partial charge in [-0.25, -0.2) is 0 Å². The quantitative estimate of drug-likeness (QED) is 0.780. The normalized spacial score (nSPS) is 26.0. The molecular formula is C19H30ClN. The van der Waals surface area contributed by atoms with Crippen LogP contribution in [0.3, 0.4) is 0 Å². The largest absolute Gasteiger partial charge is 0.316 e. The van der Waals surface area contributed by atoms with Gasteiger partial charge in [-0.3, -0.25) is 0 Å². The molecule has 1 nitrogen and oxygen atoms in total. The lowest BCUT2D eigenvalue weighted by molar-refractivity contribution is 0.0445. The van der Waals surface area contributed by atoms with Crippen LogP contribution in [-0.4, -0.2) is 13.1 Å². The van der Waals surface area contributed by atoms with Crippen molar-refractivity contribution in [2.45, 2.75) is 52.9 Å². The van der Waals surface area contributed by atoms with Crippen molar-refractivity contribution in [1.29, 1.82) is 0 Å². The number of hydrogen-bond acceptors (Lipinski definition) is 1. The van der Waals surface area contributed by atoms with Gasteiger partial charge in [0.15, 0.2) is 0 Å². The van der Waals surface area contributed by atoms with Gasteiger partial charge < -0.3 is 5.32 Å². The number of rotatable bonds is 5. The van der Waals surface area contributed by atoms with Crippen molar-refractivity contribution >= 4 is 11.6 Å². The van der Waals surface area contributed by atoms with Crippen LogP contribution in [0.15, 0.2) is 24.3 Å². The molecule has 0 spiro atoms. The van der Waals surface area contributed by atoms with E-state index in [0.717, 1.165) is 24.0 Å². The first-order valence-corrected chi connectivity index (χ1v) is 8.57. The predicted octanol–water partition coefficient (Wildman–Crippen LogP) is 5.28. The van der Waals surface area contributed by atoms with E-state index in [2.05, 4.69) is 58.1 Å². The van der Waals surface area contributed by atoms with Gasteiger partial charge in [-0.1, -0.05) is 58.4 Å². The summed E-state index contributed by atoms with van der Waals surface area (Å²) in [4.78, 5) is 0. The third-order valence-electron chi connectivity index (χ3n) is 4.95. The van der Waals surface area contributed by atoms with Crippen LogP contribution in [0, 0.1) is 17.3 Å². The summed E-state index contributed by atoms with van der Waals surface area (Å²) >= 11 is 6.22. The third-order valence-corrected chi connectivity index (χ3v) is 5.19. The molecule has 0 aromatic heterocycles. The molecule has 1 aromatic rings. The Hall–Kier alpha value is -0.530. The van der Waals surface area contributed by atoms with E-state index in [4.69, 9.17) is 11.6 Å². The standard InChI is InChI=1S/C19H30ClN/c1-14(2)12-21-13-19(10-16(11-19)18(3,4)5)15-7-6-8-17(20)9-15/h6-9,14,16,21H,10-13H2,1-5H3. The van der Waals surface area contributed by atoms with E-state index in [9.17, 15) is 0 Å². The Morgan fingerprint density at radius 3 is 2.48 bits per heavy atom. The molecule has 0 radical (unpaired) electrons. The molecule has 21 heavy (non-hydrogen) atoms. The molecule has 0 aliphatic heterocycles. The first kappa shape index (κ1) is 16.8. The van der Waals surface area contributed by atoms with E-state index in [1.165, 1.54) is 18.4 Å². The number of nitrogens with one attached hydrogen (secondary N) is 1. The summed E-state index contributed by atoms with van der Waals surface area (Å²) in [7, 11) is 0. The van der Waals surface area contributed by atoms with Crippen molar-refractivity contribution in [3.63, 3.8) is 0 Å². The number of benzene rings is 1. The SMILES string of the molecule is CC(C)CNCC1(c2cccc(Cl)c2)CC(C(C)(C)C)C1. The Labute approximate surface area is 135 Å². The molecule has 118 valence electrons. The van der Waals surface area contributed by atoms with Crippen LogP contribution in [-0.2, 0) is 5.41 Å². The van der Waals surface area contributed by atoms with Gasteiger partial charge in [-0.05, 0) is 54.3 Å². The van der Waals surface area contributed by atoms with E-state index < -0.39 is 0 Å². The molecule has 1 saturated carbocycles. The van der Waals surface area contributed by atoms with Crippen molar-refractivity contribution in [2.75, 3.05) is 13.1 Å². The zero-order chi connectivity index (χ0) is 15.7. The topological polar surface area (TPSA) is 12.0 Å².